The lowest BCUT2D eigenvalue weighted by Crippen LogP contribution is -2.32. The Kier molecular flexibility index (Phi) is 5.93. The van der Waals surface area contributed by atoms with Crippen LogP contribution in [0, 0.1) is 6.92 Å². The van der Waals surface area contributed by atoms with Crippen LogP contribution in [0.4, 0.5) is 5.82 Å². The lowest BCUT2D eigenvalue weighted by Gasteiger charge is -2.21. The number of amides is 1. The van der Waals surface area contributed by atoms with E-state index in [0.29, 0.717) is 12.2 Å². The van der Waals surface area contributed by atoms with Crippen LogP contribution in [0.25, 0.3) is 10.9 Å². The average molecular weight is 415 g/mol. The summed E-state index contributed by atoms with van der Waals surface area (Å²) in [4.78, 5) is 31.4. The van der Waals surface area contributed by atoms with Crippen molar-refractivity contribution in [2.75, 3.05) is 19.0 Å². The van der Waals surface area contributed by atoms with Crippen molar-refractivity contribution in [3.05, 3.63) is 83.7 Å². The molecule has 4 rings (SSSR count). The molecule has 3 aromatic heterocycles. The van der Waals surface area contributed by atoms with Gasteiger partial charge in [-0.2, -0.15) is 0 Å². The average Bonchev–Trinajstić information content (AvgIpc) is 3.16. The number of benzene rings is 1. The summed E-state index contributed by atoms with van der Waals surface area (Å²) >= 11 is 0. The van der Waals surface area contributed by atoms with Gasteiger partial charge in [0.2, 0.25) is 5.91 Å². The van der Waals surface area contributed by atoms with E-state index < -0.39 is 0 Å². The number of anilines is 1. The fourth-order valence-corrected chi connectivity index (χ4v) is 3.67. The summed E-state index contributed by atoms with van der Waals surface area (Å²) in [7, 11) is 3.89. The summed E-state index contributed by atoms with van der Waals surface area (Å²) in [5, 5.41) is 4.33. The van der Waals surface area contributed by atoms with Crippen molar-refractivity contribution in [3.8, 4) is 0 Å². The fourth-order valence-electron chi connectivity index (χ4n) is 3.67. The molecule has 0 saturated carbocycles. The van der Waals surface area contributed by atoms with Gasteiger partial charge in [0, 0.05) is 56.1 Å². The minimum Gasteiger partial charge on any atom is -0.363 e. The van der Waals surface area contributed by atoms with E-state index in [2.05, 4.69) is 31.3 Å². The lowest BCUT2D eigenvalue weighted by atomic mass is 10.0. The molecule has 158 valence electrons. The van der Waals surface area contributed by atoms with E-state index in [1.165, 1.54) is 0 Å². The third-order valence-corrected chi connectivity index (χ3v) is 5.18. The zero-order valence-electron chi connectivity index (χ0n) is 18.0. The van der Waals surface area contributed by atoms with Crippen molar-refractivity contribution in [2.45, 2.75) is 25.8 Å². The van der Waals surface area contributed by atoms with E-state index >= 15 is 0 Å². The highest BCUT2D eigenvalue weighted by Crippen LogP contribution is 2.25. The van der Waals surface area contributed by atoms with Gasteiger partial charge in [-0.05, 0) is 30.2 Å². The third-order valence-electron chi connectivity index (χ3n) is 5.18. The van der Waals surface area contributed by atoms with Crippen LogP contribution in [-0.4, -0.2) is 39.9 Å². The van der Waals surface area contributed by atoms with Crippen LogP contribution in [0.15, 0.2) is 61.1 Å². The summed E-state index contributed by atoms with van der Waals surface area (Å²) < 4.78 is 0. The molecular weight excluding hydrogens is 388 g/mol. The maximum atomic E-state index is 12.9. The summed E-state index contributed by atoms with van der Waals surface area (Å²) in [6.07, 6.45) is 6.31. The molecule has 3 heterocycles. The van der Waals surface area contributed by atoms with Gasteiger partial charge in [-0.3, -0.25) is 9.78 Å². The van der Waals surface area contributed by atoms with Crippen LogP contribution in [0.5, 0.6) is 0 Å². The number of H-pyrrole nitrogens is 1. The van der Waals surface area contributed by atoms with E-state index in [9.17, 15) is 4.79 Å². The monoisotopic (exact) mass is 414 g/mol. The van der Waals surface area contributed by atoms with Gasteiger partial charge in [0.05, 0.1) is 18.2 Å². The molecule has 0 bridgehead atoms. The molecule has 31 heavy (non-hydrogen) atoms. The molecule has 0 aliphatic rings. The highest BCUT2D eigenvalue weighted by molar-refractivity contribution is 5.83. The van der Waals surface area contributed by atoms with Gasteiger partial charge in [0.15, 0.2) is 0 Å². The molecule has 1 aromatic carbocycles. The fraction of sp³-hybridized carbons (Fsp3) is 0.250. The Bertz CT molecular complexity index is 1190. The van der Waals surface area contributed by atoms with Gasteiger partial charge in [-0.25, -0.2) is 9.97 Å². The number of para-hydroxylation sites is 1. The summed E-state index contributed by atoms with van der Waals surface area (Å²) in [5.74, 6) is 1.42. The number of aromatic amines is 1. The zero-order chi connectivity index (χ0) is 21.8. The minimum atomic E-state index is -0.288. The highest BCUT2D eigenvalue weighted by Gasteiger charge is 2.20. The summed E-state index contributed by atoms with van der Waals surface area (Å²) in [5.41, 5.74) is 3.87. The molecular formula is C24H26N6O. The summed E-state index contributed by atoms with van der Waals surface area (Å²) in [6.45, 7) is 1.87. The molecule has 7 nitrogen and oxygen atoms in total. The molecule has 0 spiro atoms. The number of pyridine rings is 1. The Balaban J connectivity index is 1.65. The first kappa shape index (κ1) is 20.5. The van der Waals surface area contributed by atoms with Crippen molar-refractivity contribution in [1.29, 1.82) is 0 Å². The second kappa shape index (κ2) is 8.95. The number of aryl methyl sites for hydroxylation is 1. The molecule has 0 radical (unpaired) electrons. The Labute approximate surface area is 181 Å². The number of nitrogens with zero attached hydrogens (tertiary/aromatic N) is 4. The number of hydrogen-bond acceptors (Lipinski definition) is 5. The van der Waals surface area contributed by atoms with Crippen LogP contribution >= 0.6 is 0 Å². The number of rotatable bonds is 7. The normalized spacial score (nSPS) is 12.0. The van der Waals surface area contributed by atoms with E-state index in [1.807, 2.05) is 68.5 Å². The van der Waals surface area contributed by atoms with Crippen LogP contribution < -0.4 is 10.2 Å². The first-order valence-corrected chi connectivity index (χ1v) is 10.3. The number of carbonyl (C=O) groups is 1. The lowest BCUT2D eigenvalue weighted by molar-refractivity contribution is -0.121. The molecule has 0 aliphatic heterocycles. The van der Waals surface area contributed by atoms with E-state index in [-0.39, 0.29) is 18.4 Å². The quantitative estimate of drug-likeness (QED) is 0.484. The van der Waals surface area contributed by atoms with Crippen LogP contribution in [0.1, 0.15) is 28.7 Å². The Morgan fingerprint density at radius 2 is 2.00 bits per heavy atom. The smallest absolute Gasteiger partial charge is 0.225 e. The van der Waals surface area contributed by atoms with Gasteiger partial charge in [-0.15, -0.1) is 0 Å². The molecule has 1 atom stereocenters. The SMILES string of the molecule is Cc1nc([C@H](Cc2c[nH]c3ccccc23)NC(=O)Cc2cccnc2)cc(N(C)C)n1. The molecule has 0 unspecified atom stereocenters. The van der Waals surface area contributed by atoms with Gasteiger partial charge < -0.3 is 15.2 Å². The largest absolute Gasteiger partial charge is 0.363 e. The number of hydrogen-bond donors (Lipinski definition) is 2. The van der Waals surface area contributed by atoms with Crippen LogP contribution in [0.3, 0.4) is 0 Å². The predicted molar refractivity (Wildman–Crippen MR) is 122 cm³/mol. The first-order chi connectivity index (χ1) is 15.0. The Morgan fingerprint density at radius 1 is 1.16 bits per heavy atom. The maximum Gasteiger partial charge on any atom is 0.225 e. The number of carbonyl (C=O) groups excluding carboxylic acids is 1. The molecule has 0 saturated heterocycles. The molecule has 1 amide bonds. The Morgan fingerprint density at radius 3 is 2.77 bits per heavy atom. The van der Waals surface area contributed by atoms with Gasteiger partial charge >= 0.3 is 0 Å². The summed E-state index contributed by atoms with van der Waals surface area (Å²) in [6, 6.07) is 13.6. The topological polar surface area (TPSA) is 86.8 Å². The van der Waals surface area contributed by atoms with Crippen molar-refractivity contribution in [1.82, 2.24) is 25.3 Å². The standard InChI is InChI=1S/C24H26N6O/c1-16-27-22(13-23(28-16)30(2)3)21(29-24(31)11-17-7-6-10-25-14-17)12-18-15-26-20-9-5-4-8-19(18)20/h4-10,13-15,21,26H,11-12H2,1-3H3,(H,29,31)/t21-/m0/s1. The molecule has 4 aromatic rings. The number of aromatic nitrogens is 4. The molecule has 0 aliphatic carbocycles. The van der Waals surface area contributed by atoms with Gasteiger partial charge in [0.1, 0.15) is 11.6 Å². The second-order valence-electron chi connectivity index (χ2n) is 7.81. The van der Waals surface area contributed by atoms with E-state index in [0.717, 1.165) is 33.5 Å². The van der Waals surface area contributed by atoms with Crippen LogP contribution in [0.2, 0.25) is 0 Å². The Hall–Kier alpha value is -3.74. The number of fused-ring (bicyclic) bond motifs is 1. The van der Waals surface area contributed by atoms with Crippen LogP contribution in [-0.2, 0) is 17.6 Å². The van der Waals surface area contributed by atoms with Gasteiger partial charge in [-0.1, -0.05) is 24.3 Å². The second-order valence-corrected chi connectivity index (χ2v) is 7.81. The number of nitrogens with one attached hydrogen (secondary N) is 2. The predicted octanol–water partition coefficient (Wildman–Crippen LogP) is 3.37. The zero-order valence-corrected chi connectivity index (χ0v) is 18.0. The molecule has 7 heteroatoms. The minimum absolute atomic E-state index is 0.0690. The van der Waals surface area contributed by atoms with E-state index in [4.69, 9.17) is 0 Å². The van der Waals surface area contributed by atoms with E-state index in [1.54, 1.807) is 12.4 Å². The van der Waals surface area contributed by atoms with Crippen molar-refractivity contribution >= 4 is 22.6 Å². The first-order valence-electron chi connectivity index (χ1n) is 10.3. The van der Waals surface area contributed by atoms with Crippen molar-refractivity contribution < 1.29 is 4.79 Å². The molecule has 0 fully saturated rings. The maximum absolute atomic E-state index is 12.9. The highest BCUT2D eigenvalue weighted by atomic mass is 16.1. The van der Waals surface area contributed by atoms with Gasteiger partial charge in [0.25, 0.3) is 0 Å². The van der Waals surface area contributed by atoms with Crippen molar-refractivity contribution in [2.24, 2.45) is 0 Å². The third kappa shape index (κ3) is 4.88. The molecule has 2 N–H and O–H groups in total. The van der Waals surface area contributed by atoms with Crippen molar-refractivity contribution in [3.63, 3.8) is 0 Å².